The maximum atomic E-state index is 13.6. The van der Waals surface area contributed by atoms with E-state index in [-0.39, 0.29) is 29.3 Å². The van der Waals surface area contributed by atoms with E-state index in [1.54, 1.807) is 22.0 Å². The lowest BCUT2D eigenvalue weighted by Crippen LogP contribution is -2.46. The fourth-order valence-electron chi connectivity index (χ4n) is 3.95. The van der Waals surface area contributed by atoms with Crippen LogP contribution in [0, 0.1) is 12.3 Å². The van der Waals surface area contributed by atoms with Crippen molar-refractivity contribution in [1.82, 2.24) is 29.8 Å². The summed E-state index contributed by atoms with van der Waals surface area (Å²) in [6.45, 7) is 13.2. The van der Waals surface area contributed by atoms with Crippen LogP contribution in [0.15, 0.2) is 17.8 Å². The molecule has 0 aliphatic carbocycles. The van der Waals surface area contributed by atoms with E-state index in [9.17, 15) is 9.59 Å². The second kappa shape index (κ2) is 9.32. The first-order valence-electron chi connectivity index (χ1n) is 11.7. The molecule has 34 heavy (non-hydrogen) atoms. The van der Waals surface area contributed by atoms with Crippen molar-refractivity contribution in [2.24, 2.45) is 5.41 Å². The molecular weight excluding hydrogens is 450 g/mol. The monoisotopic (exact) mass is 483 g/mol. The molecular formula is C24H33N7O2S. The van der Waals surface area contributed by atoms with Crippen molar-refractivity contribution in [1.29, 1.82) is 0 Å². The Balaban J connectivity index is 1.69. The lowest BCUT2D eigenvalue weighted by atomic mass is 9.88. The highest BCUT2D eigenvalue weighted by atomic mass is 32.1. The zero-order valence-electron chi connectivity index (χ0n) is 20.7. The number of rotatable bonds is 5. The maximum absolute atomic E-state index is 13.6. The molecule has 1 saturated heterocycles. The number of hydrogen-bond acceptors (Lipinski definition) is 7. The third-order valence-electron chi connectivity index (χ3n) is 6.56. The Morgan fingerprint density at radius 1 is 1.21 bits per heavy atom. The molecule has 0 radical (unpaired) electrons. The van der Waals surface area contributed by atoms with Crippen LogP contribution in [0.1, 0.15) is 63.5 Å². The molecule has 1 aliphatic heterocycles. The van der Waals surface area contributed by atoms with Crippen molar-refractivity contribution in [3.05, 3.63) is 29.0 Å². The number of likely N-dealkylation sites (tertiary alicyclic amines) is 1. The molecule has 2 N–H and O–H groups in total. The normalized spacial score (nSPS) is 16.0. The van der Waals surface area contributed by atoms with Crippen molar-refractivity contribution < 1.29 is 9.59 Å². The molecule has 0 aromatic carbocycles. The second-order valence-corrected chi connectivity index (χ2v) is 11.0. The maximum Gasteiger partial charge on any atom is 0.272 e. The van der Waals surface area contributed by atoms with Gasteiger partial charge in [-0.05, 0) is 32.1 Å². The van der Waals surface area contributed by atoms with Crippen molar-refractivity contribution in [3.63, 3.8) is 0 Å². The summed E-state index contributed by atoms with van der Waals surface area (Å²) in [4.78, 5) is 37.4. The van der Waals surface area contributed by atoms with Gasteiger partial charge in [0.05, 0.1) is 11.8 Å². The number of aromatic nitrogens is 4. The van der Waals surface area contributed by atoms with Crippen molar-refractivity contribution >= 4 is 33.8 Å². The molecule has 4 heterocycles. The number of thiazole rings is 1. The summed E-state index contributed by atoms with van der Waals surface area (Å²) in [5.74, 6) is 1.01. The fourth-order valence-corrected chi connectivity index (χ4v) is 4.74. The average Bonchev–Trinajstić information content (AvgIpc) is 3.38. The molecule has 1 aliphatic rings. The quantitative estimate of drug-likeness (QED) is 0.573. The standard InChI is InChI=1S/C24H33N7O2S/c1-14-19(22(33)30-9-7-17(8-10-30)27-16(3)32)28-21(18-13-25-31-11-12-34-23(18)31)29-20(14)26-15(2)24(4,5)6/h11-13,15,17H,7-10H2,1-6H3,(H,27,32)(H,26,28,29). The van der Waals surface area contributed by atoms with Crippen LogP contribution >= 0.6 is 11.3 Å². The molecule has 0 saturated carbocycles. The Bertz CT molecular complexity index is 1200. The second-order valence-electron chi connectivity index (χ2n) is 10.1. The first-order chi connectivity index (χ1) is 16.0. The van der Waals surface area contributed by atoms with Gasteiger partial charge in [0.1, 0.15) is 16.3 Å². The van der Waals surface area contributed by atoms with Crippen molar-refractivity contribution in [3.8, 4) is 11.4 Å². The molecule has 1 atom stereocenters. The van der Waals surface area contributed by atoms with Gasteiger partial charge >= 0.3 is 0 Å². The van der Waals surface area contributed by atoms with Gasteiger partial charge in [0.15, 0.2) is 5.82 Å². The van der Waals surface area contributed by atoms with Crippen LogP contribution in [0.5, 0.6) is 0 Å². The lowest BCUT2D eigenvalue weighted by molar-refractivity contribution is -0.119. The minimum absolute atomic E-state index is 0.00601. The van der Waals surface area contributed by atoms with Gasteiger partial charge in [-0.3, -0.25) is 9.59 Å². The summed E-state index contributed by atoms with van der Waals surface area (Å²) in [5, 5.41) is 12.9. The Hall–Kier alpha value is -3.01. The summed E-state index contributed by atoms with van der Waals surface area (Å²) in [6.07, 6.45) is 5.10. The predicted octanol–water partition coefficient (Wildman–Crippen LogP) is 3.75. The molecule has 1 unspecified atom stereocenters. The molecule has 0 bridgehead atoms. The van der Waals surface area contributed by atoms with E-state index < -0.39 is 0 Å². The zero-order valence-corrected chi connectivity index (χ0v) is 21.5. The number of piperidine rings is 1. The number of nitrogens with one attached hydrogen (secondary N) is 2. The molecule has 0 spiro atoms. The summed E-state index contributed by atoms with van der Waals surface area (Å²) in [5.41, 5.74) is 1.96. The molecule has 4 rings (SSSR count). The Labute approximate surface area is 204 Å². The summed E-state index contributed by atoms with van der Waals surface area (Å²) in [6, 6.07) is 0.229. The number of fused-ring (bicyclic) bond motifs is 1. The van der Waals surface area contributed by atoms with Gasteiger partial charge < -0.3 is 15.5 Å². The van der Waals surface area contributed by atoms with E-state index in [1.807, 2.05) is 23.4 Å². The minimum atomic E-state index is -0.108. The van der Waals surface area contributed by atoms with Crippen molar-refractivity contribution in [2.75, 3.05) is 18.4 Å². The van der Waals surface area contributed by atoms with E-state index >= 15 is 0 Å². The largest absolute Gasteiger partial charge is 0.367 e. The highest BCUT2D eigenvalue weighted by Crippen LogP contribution is 2.30. The zero-order chi connectivity index (χ0) is 24.6. The first-order valence-corrected chi connectivity index (χ1v) is 12.6. The summed E-state index contributed by atoms with van der Waals surface area (Å²) >= 11 is 1.56. The van der Waals surface area contributed by atoms with Gasteiger partial charge in [-0.2, -0.15) is 5.10 Å². The van der Waals surface area contributed by atoms with E-state index in [0.717, 1.165) is 28.8 Å². The van der Waals surface area contributed by atoms with Crippen LogP contribution in [0.3, 0.4) is 0 Å². The van der Waals surface area contributed by atoms with Gasteiger partial charge in [0, 0.05) is 49.2 Å². The topological polar surface area (TPSA) is 105 Å². The van der Waals surface area contributed by atoms with Crippen LogP contribution in [0.25, 0.3) is 16.2 Å². The number of amides is 2. The van der Waals surface area contributed by atoms with Crippen LogP contribution in [-0.2, 0) is 4.79 Å². The van der Waals surface area contributed by atoms with Gasteiger partial charge in [-0.25, -0.2) is 14.5 Å². The Kier molecular flexibility index (Phi) is 6.62. The van der Waals surface area contributed by atoms with Gasteiger partial charge in [-0.1, -0.05) is 20.8 Å². The van der Waals surface area contributed by atoms with Crippen LogP contribution < -0.4 is 10.6 Å². The number of hydrogen-bond donors (Lipinski definition) is 2. The van der Waals surface area contributed by atoms with Crippen LogP contribution in [-0.4, -0.2) is 61.5 Å². The smallest absolute Gasteiger partial charge is 0.272 e. The van der Waals surface area contributed by atoms with Crippen LogP contribution in [0.4, 0.5) is 5.82 Å². The summed E-state index contributed by atoms with van der Waals surface area (Å²) < 4.78 is 1.79. The molecule has 3 aromatic heterocycles. The predicted molar refractivity (Wildman–Crippen MR) is 134 cm³/mol. The highest BCUT2D eigenvalue weighted by molar-refractivity contribution is 7.16. The molecule has 3 aromatic rings. The highest BCUT2D eigenvalue weighted by Gasteiger charge is 2.29. The lowest BCUT2D eigenvalue weighted by Gasteiger charge is -2.33. The number of carbonyl (C=O) groups excluding carboxylic acids is 2. The molecule has 9 nitrogen and oxygen atoms in total. The molecule has 1 fully saturated rings. The van der Waals surface area contributed by atoms with Crippen LogP contribution in [0.2, 0.25) is 0 Å². The SMILES string of the molecule is CC(=O)NC1CCN(C(=O)c2nc(-c3cnn4ccsc34)nc(NC(C)C(C)(C)C)c2C)CC1. The van der Waals surface area contributed by atoms with Crippen molar-refractivity contribution in [2.45, 2.75) is 66.5 Å². The minimum Gasteiger partial charge on any atom is -0.367 e. The number of carbonyl (C=O) groups is 2. The van der Waals surface area contributed by atoms with Gasteiger partial charge in [-0.15, -0.1) is 11.3 Å². The third kappa shape index (κ3) is 4.91. The fraction of sp³-hybridized carbons (Fsp3) is 0.542. The Morgan fingerprint density at radius 3 is 2.56 bits per heavy atom. The molecule has 182 valence electrons. The Morgan fingerprint density at radius 2 is 1.91 bits per heavy atom. The van der Waals surface area contributed by atoms with E-state index in [0.29, 0.717) is 30.4 Å². The van der Waals surface area contributed by atoms with Gasteiger partial charge in [0.2, 0.25) is 5.91 Å². The molecule has 10 heteroatoms. The van der Waals surface area contributed by atoms with E-state index in [2.05, 4.69) is 43.4 Å². The first kappa shape index (κ1) is 24.1. The summed E-state index contributed by atoms with van der Waals surface area (Å²) in [7, 11) is 0. The van der Waals surface area contributed by atoms with E-state index in [1.165, 1.54) is 6.92 Å². The van der Waals surface area contributed by atoms with E-state index in [4.69, 9.17) is 9.97 Å². The molecule has 2 amide bonds. The number of nitrogens with zero attached hydrogens (tertiary/aromatic N) is 5. The third-order valence-corrected chi connectivity index (χ3v) is 7.45. The van der Waals surface area contributed by atoms with Gasteiger partial charge in [0.25, 0.3) is 5.91 Å². The average molecular weight is 484 g/mol. The number of anilines is 1.